The van der Waals surface area contributed by atoms with Crippen LogP contribution in [0, 0.1) is 46.3 Å². The number of rotatable bonds is 3. The van der Waals surface area contributed by atoms with E-state index in [9.17, 15) is 15.0 Å². The van der Waals surface area contributed by atoms with Crippen molar-refractivity contribution in [3.05, 3.63) is 11.6 Å². The summed E-state index contributed by atoms with van der Waals surface area (Å²) in [5.41, 5.74) is 2.03. The Morgan fingerprint density at radius 1 is 1.19 bits per heavy atom. The maximum absolute atomic E-state index is 13.1. The molecule has 0 radical (unpaired) electrons. The standard InChI is InChI=1S/C24H38O3/c1-14-7-9-23(3)16(11-14)5-6-17-18(23)8-10-24(4)19(17)12-20(26)22(24)15(2)21(27)13-25/h5,14-15,17-19,21-22,25,27H,6-13H2,1-4H3/t14-,15+,17+,18-,19-,21?,22?,23-,24-/m0/s1. The first kappa shape index (κ1) is 19.6. The smallest absolute Gasteiger partial charge is 0.137 e. The molecule has 152 valence electrons. The van der Waals surface area contributed by atoms with Gasteiger partial charge in [-0.1, -0.05) is 39.3 Å². The summed E-state index contributed by atoms with van der Waals surface area (Å²) in [4.78, 5) is 13.1. The zero-order valence-electron chi connectivity index (χ0n) is 17.6. The van der Waals surface area contributed by atoms with E-state index in [1.807, 2.05) is 6.92 Å². The Kier molecular flexibility index (Phi) is 4.87. The molecule has 3 nitrogen and oxygen atoms in total. The quantitative estimate of drug-likeness (QED) is 0.721. The molecule has 4 aliphatic carbocycles. The molecule has 0 aromatic carbocycles. The van der Waals surface area contributed by atoms with Crippen molar-refractivity contribution in [2.75, 3.05) is 6.61 Å². The number of fused-ring (bicyclic) bond motifs is 5. The van der Waals surface area contributed by atoms with Crippen molar-refractivity contribution in [2.45, 2.75) is 78.7 Å². The molecule has 4 rings (SSSR count). The molecule has 0 aliphatic heterocycles. The number of hydrogen-bond acceptors (Lipinski definition) is 3. The number of carbonyl (C=O) groups excluding carboxylic acids is 1. The van der Waals surface area contributed by atoms with Gasteiger partial charge in [-0.25, -0.2) is 0 Å². The first-order valence-electron chi connectivity index (χ1n) is 11.2. The number of aliphatic hydroxyl groups is 2. The number of hydrogen-bond donors (Lipinski definition) is 2. The molecule has 0 heterocycles. The van der Waals surface area contributed by atoms with Crippen LogP contribution in [0.4, 0.5) is 0 Å². The number of allylic oxidation sites excluding steroid dienone is 2. The van der Waals surface area contributed by atoms with Crippen LogP contribution in [-0.4, -0.2) is 28.7 Å². The summed E-state index contributed by atoms with van der Waals surface area (Å²) in [6.07, 6.45) is 9.79. The van der Waals surface area contributed by atoms with Crippen molar-refractivity contribution in [1.82, 2.24) is 0 Å². The average Bonchev–Trinajstić information content (AvgIpc) is 2.91. The van der Waals surface area contributed by atoms with Crippen LogP contribution < -0.4 is 0 Å². The van der Waals surface area contributed by atoms with Gasteiger partial charge in [0.15, 0.2) is 0 Å². The lowest BCUT2D eigenvalue weighted by Crippen LogP contribution is -2.51. The molecule has 9 atom stereocenters. The molecule has 4 aliphatic rings. The Morgan fingerprint density at radius 2 is 1.93 bits per heavy atom. The topological polar surface area (TPSA) is 57.5 Å². The van der Waals surface area contributed by atoms with Gasteiger partial charge >= 0.3 is 0 Å². The minimum atomic E-state index is -0.789. The predicted octanol–water partition coefficient (Wildman–Crippen LogP) is 4.37. The van der Waals surface area contributed by atoms with Gasteiger partial charge in [0, 0.05) is 12.3 Å². The largest absolute Gasteiger partial charge is 0.394 e. The highest BCUT2D eigenvalue weighted by molar-refractivity contribution is 5.85. The molecule has 3 fully saturated rings. The molecular weight excluding hydrogens is 336 g/mol. The van der Waals surface area contributed by atoms with Gasteiger partial charge in [-0.2, -0.15) is 0 Å². The van der Waals surface area contributed by atoms with Crippen LogP contribution in [0.2, 0.25) is 0 Å². The highest BCUT2D eigenvalue weighted by Crippen LogP contribution is 2.66. The predicted molar refractivity (Wildman–Crippen MR) is 107 cm³/mol. The third-order valence-corrected chi connectivity index (χ3v) is 9.59. The molecule has 0 aromatic rings. The van der Waals surface area contributed by atoms with E-state index in [-0.39, 0.29) is 23.9 Å². The molecule has 3 heteroatoms. The normalized spacial score (nSPS) is 48.9. The second kappa shape index (κ2) is 6.69. The van der Waals surface area contributed by atoms with Gasteiger partial charge in [0.25, 0.3) is 0 Å². The van der Waals surface area contributed by atoms with Crippen molar-refractivity contribution in [1.29, 1.82) is 0 Å². The molecule has 27 heavy (non-hydrogen) atoms. The second-order valence-corrected chi connectivity index (χ2v) is 10.9. The van der Waals surface area contributed by atoms with Crippen molar-refractivity contribution < 1.29 is 15.0 Å². The minimum absolute atomic E-state index is 0.0164. The number of carbonyl (C=O) groups is 1. The van der Waals surface area contributed by atoms with E-state index >= 15 is 0 Å². The summed E-state index contributed by atoms with van der Waals surface area (Å²) in [7, 11) is 0. The first-order chi connectivity index (χ1) is 12.7. The van der Waals surface area contributed by atoms with Gasteiger partial charge in [0.1, 0.15) is 5.78 Å². The molecule has 0 bridgehead atoms. The Hall–Kier alpha value is -0.670. The maximum Gasteiger partial charge on any atom is 0.137 e. The lowest BCUT2D eigenvalue weighted by atomic mass is 9.46. The van der Waals surface area contributed by atoms with Gasteiger partial charge in [0.2, 0.25) is 0 Å². The van der Waals surface area contributed by atoms with Gasteiger partial charge in [-0.15, -0.1) is 0 Å². The van der Waals surface area contributed by atoms with Crippen LogP contribution >= 0.6 is 0 Å². The molecule has 3 saturated carbocycles. The van der Waals surface area contributed by atoms with E-state index in [2.05, 4.69) is 26.8 Å². The number of Topliss-reactive ketones (excluding diaryl/α,β-unsaturated/α-hetero) is 1. The Balaban J connectivity index is 1.65. The van der Waals surface area contributed by atoms with Crippen molar-refractivity contribution >= 4 is 5.78 Å². The van der Waals surface area contributed by atoms with E-state index in [4.69, 9.17) is 0 Å². The van der Waals surface area contributed by atoms with Gasteiger partial charge in [0.05, 0.1) is 12.7 Å². The summed E-state index contributed by atoms with van der Waals surface area (Å²) in [5, 5.41) is 19.7. The Bertz CT molecular complexity index is 640. The molecule has 2 N–H and O–H groups in total. The third-order valence-electron chi connectivity index (χ3n) is 9.59. The third kappa shape index (κ3) is 2.79. The SMILES string of the molecule is C[C@H]1CC[C@@]2(C)C(=CC[C@@H]3[C@@H]2CC[C@]2(C)C([C@H](C)C(O)CO)C(=O)C[C@@H]32)C1. The van der Waals surface area contributed by atoms with Crippen LogP contribution in [0.1, 0.15) is 72.6 Å². The Labute approximate surface area is 164 Å². The monoisotopic (exact) mass is 374 g/mol. The van der Waals surface area contributed by atoms with Crippen LogP contribution in [0.5, 0.6) is 0 Å². The fraction of sp³-hybridized carbons (Fsp3) is 0.875. The van der Waals surface area contributed by atoms with Crippen molar-refractivity contribution in [2.24, 2.45) is 46.3 Å². The van der Waals surface area contributed by atoms with Crippen LogP contribution in [0.15, 0.2) is 11.6 Å². The summed E-state index contributed by atoms with van der Waals surface area (Å²) in [5.74, 6) is 2.65. The Morgan fingerprint density at radius 3 is 2.63 bits per heavy atom. The van der Waals surface area contributed by atoms with Crippen molar-refractivity contribution in [3.8, 4) is 0 Å². The fourth-order valence-corrected chi connectivity index (χ4v) is 7.96. The molecular formula is C24H38O3. The summed E-state index contributed by atoms with van der Waals surface area (Å²) in [6, 6.07) is 0. The highest BCUT2D eigenvalue weighted by Gasteiger charge is 2.62. The second-order valence-electron chi connectivity index (χ2n) is 10.9. The number of aliphatic hydroxyl groups excluding tert-OH is 2. The minimum Gasteiger partial charge on any atom is -0.394 e. The molecule has 0 amide bonds. The lowest BCUT2D eigenvalue weighted by molar-refractivity contribution is -0.127. The van der Waals surface area contributed by atoms with Crippen LogP contribution in [-0.2, 0) is 4.79 Å². The van der Waals surface area contributed by atoms with Gasteiger partial charge in [-0.3, -0.25) is 4.79 Å². The summed E-state index contributed by atoms with van der Waals surface area (Å²) < 4.78 is 0. The lowest BCUT2D eigenvalue weighted by Gasteiger charge is -2.58. The molecule has 0 aromatic heterocycles. The van der Waals surface area contributed by atoms with E-state index in [0.717, 1.165) is 18.8 Å². The van der Waals surface area contributed by atoms with Crippen LogP contribution in [0.3, 0.4) is 0 Å². The zero-order chi connectivity index (χ0) is 19.6. The first-order valence-corrected chi connectivity index (χ1v) is 11.2. The maximum atomic E-state index is 13.1. The van der Waals surface area contributed by atoms with E-state index in [0.29, 0.717) is 35.4 Å². The van der Waals surface area contributed by atoms with E-state index in [1.165, 1.54) is 25.7 Å². The molecule has 2 unspecified atom stereocenters. The zero-order valence-corrected chi connectivity index (χ0v) is 17.6. The van der Waals surface area contributed by atoms with Crippen molar-refractivity contribution in [3.63, 3.8) is 0 Å². The molecule has 0 spiro atoms. The summed E-state index contributed by atoms with van der Waals surface area (Å²) >= 11 is 0. The summed E-state index contributed by atoms with van der Waals surface area (Å²) in [6.45, 7) is 8.93. The highest BCUT2D eigenvalue weighted by atomic mass is 16.3. The fourth-order valence-electron chi connectivity index (χ4n) is 7.96. The van der Waals surface area contributed by atoms with E-state index < -0.39 is 6.10 Å². The average molecular weight is 375 g/mol. The van der Waals surface area contributed by atoms with Crippen LogP contribution in [0.25, 0.3) is 0 Å². The van der Waals surface area contributed by atoms with Gasteiger partial charge in [-0.05, 0) is 78.9 Å². The van der Waals surface area contributed by atoms with E-state index in [1.54, 1.807) is 5.57 Å². The number of ketones is 1. The molecule has 0 saturated heterocycles. The van der Waals surface area contributed by atoms with Gasteiger partial charge < -0.3 is 10.2 Å².